The maximum atomic E-state index is 12.3. The molecule has 0 heterocycles. The van der Waals surface area contributed by atoms with E-state index in [4.69, 9.17) is 5.73 Å². The van der Waals surface area contributed by atoms with Crippen LogP contribution in [-0.2, 0) is 4.79 Å². The van der Waals surface area contributed by atoms with Crippen molar-refractivity contribution < 1.29 is 18.0 Å². The van der Waals surface area contributed by atoms with Crippen LogP contribution in [0.2, 0.25) is 0 Å². The molecular formula is C11H19F3N2O. The van der Waals surface area contributed by atoms with Crippen molar-refractivity contribution in [1.82, 2.24) is 4.90 Å². The molecule has 0 aromatic rings. The fourth-order valence-corrected chi connectivity index (χ4v) is 2.28. The molecular weight excluding hydrogens is 233 g/mol. The van der Waals surface area contributed by atoms with Crippen molar-refractivity contribution in [1.29, 1.82) is 0 Å². The van der Waals surface area contributed by atoms with E-state index in [-0.39, 0.29) is 12.6 Å². The van der Waals surface area contributed by atoms with Gasteiger partial charge in [-0.05, 0) is 19.3 Å². The summed E-state index contributed by atoms with van der Waals surface area (Å²) in [4.78, 5) is 12.9. The number of nitrogens with two attached hydrogens (primary N) is 1. The van der Waals surface area contributed by atoms with Crippen LogP contribution >= 0.6 is 0 Å². The van der Waals surface area contributed by atoms with Gasteiger partial charge in [0.2, 0.25) is 5.91 Å². The molecule has 0 aromatic heterocycles. The molecule has 0 aliphatic heterocycles. The predicted molar refractivity (Wildman–Crippen MR) is 58.2 cm³/mol. The van der Waals surface area contributed by atoms with Gasteiger partial charge in [-0.15, -0.1) is 0 Å². The zero-order valence-electron chi connectivity index (χ0n) is 9.96. The average molecular weight is 252 g/mol. The first-order valence-corrected chi connectivity index (χ1v) is 5.96. The van der Waals surface area contributed by atoms with Gasteiger partial charge in [0, 0.05) is 12.6 Å². The van der Waals surface area contributed by atoms with E-state index in [9.17, 15) is 18.0 Å². The molecule has 1 rings (SSSR count). The molecule has 1 aliphatic carbocycles. The fourth-order valence-electron chi connectivity index (χ4n) is 2.28. The molecule has 6 heteroatoms. The highest BCUT2D eigenvalue weighted by atomic mass is 19.4. The molecule has 1 fully saturated rings. The van der Waals surface area contributed by atoms with E-state index in [1.807, 2.05) is 0 Å². The summed E-state index contributed by atoms with van der Waals surface area (Å²) in [6.07, 6.45) is -1.67. The Morgan fingerprint density at radius 1 is 1.41 bits per heavy atom. The van der Waals surface area contributed by atoms with Gasteiger partial charge >= 0.3 is 6.18 Å². The van der Waals surface area contributed by atoms with Crippen LogP contribution in [-0.4, -0.2) is 36.1 Å². The number of rotatable bonds is 4. The maximum absolute atomic E-state index is 12.3. The number of amides is 1. The van der Waals surface area contributed by atoms with E-state index in [0.717, 1.165) is 17.7 Å². The molecule has 0 spiro atoms. The van der Waals surface area contributed by atoms with Gasteiger partial charge < -0.3 is 10.6 Å². The van der Waals surface area contributed by atoms with Gasteiger partial charge in [0.1, 0.15) is 6.54 Å². The summed E-state index contributed by atoms with van der Waals surface area (Å²) >= 11 is 0. The Morgan fingerprint density at radius 3 is 2.47 bits per heavy atom. The summed E-state index contributed by atoms with van der Waals surface area (Å²) < 4.78 is 37.0. The highest BCUT2D eigenvalue weighted by molar-refractivity contribution is 5.80. The summed E-state index contributed by atoms with van der Waals surface area (Å²) in [5.41, 5.74) is 5.75. The highest BCUT2D eigenvalue weighted by Gasteiger charge is 2.38. The lowest BCUT2D eigenvalue weighted by atomic mass is 10.0. The number of alkyl halides is 3. The molecule has 0 radical (unpaired) electrons. The normalized spacial score (nSPS) is 25.0. The third-order valence-electron chi connectivity index (χ3n) is 3.06. The fraction of sp³-hybridized carbons (Fsp3) is 0.909. The molecule has 0 saturated heterocycles. The number of carbonyl (C=O) groups is 1. The number of nitrogens with zero attached hydrogens (tertiary/aromatic N) is 1. The summed E-state index contributed by atoms with van der Waals surface area (Å²) in [6.45, 7) is 0.732. The third-order valence-corrected chi connectivity index (χ3v) is 3.06. The van der Waals surface area contributed by atoms with E-state index < -0.39 is 24.5 Å². The third kappa shape index (κ3) is 4.18. The topological polar surface area (TPSA) is 46.3 Å². The van der Waals surface area contributed by atoms with Crippen molar-refractivity contribution in [2.24, 2.45) is 11.7 Å². The minimum absolute atomic E-state index is 0.140. The SMILES string of the molecule is CCCN(CC(F)(F)F)C(=O)C1CCCC1N. The maximum Gasteiger partial charge on any atom is 0.406 e. The Bertz CT molecular complexity index is 268. The van der Waals surface area contributed by atoms with Crippen molar-refractivity contribution in [3.63, 3.8) is 0 Å². The van der Waals surface area contributed by atoms with Gasteiger partial charge in [0.05, 0.1) is 5.92 Å². The number of hydrogen-bond acceptors (Lipinski definition) is 2. The molecule has 0 aromatic carbocycles. The Kier molecular flexibility index (Phi) is 4.80. The summed E-state index contributed by atoms with van der Waals surface area (Å²) in [7, 11) is 0. The van der Waals surface area contributed by atoms with E-state index >= 15 is 0 Å². The molecule has 17 heavy (non-hydrogen) atoms. The molecule has 1 amide bonds. The zero-order chi connectivity index (χ0) is 13.1. The first kappa shape index (κ1) is 14.3. The van der Waals surface area contributed by atoms with Gasteiger partial charge in [0.15, 0.2) is 0 Å². The van der Waals surface area contributed by atoms with Crippen molar-refractivity contribution >= 4 is 5.91 Å². The van der Waals surface area contributed by atoms with Gasteiger partial charge in [-0.1, -0.05) is 13.3 Å². The zero-order valence-corrected chi connectivity index (χ0v) is 9.96. The lowest BCUT2D eigenvalue weighted by molar-refractivity contribution is -0.164. The second kappa shape index (κ2) is 5.71. The monoisotopic (exact) mass is 252 g/mol. The minimum Gasteiger partial charge on any atom is -0.333 e. The first-order chi connectivity index (χ1) is 7.85. The van der Waals surface area contributed by atoms with E-state index in [2.05, 4.69) is 0 Å². The average Bonchev–Trinajstić information content (AvgIpc) is 2.61. The number of hydrogen-bond donors (Lipinski definition) is 1. The van der Waals surface area contributed by atoms with Gasteiger partial charge in [0.25, 0.3) is 0 Å². The molecule has 3 nitrogen and oxygen atoms in total. The number of halogens is 3. The Labute approximate surface area is 99.1 Å². The van der Waals surface area contributed by atoms with Gasteiger partial charge in [-0.3, -0.25) is 4.79 Å². The lowest BCUT2D eigenvalue weighted by Crippen LogP contribution is -2.45. The minimum atomic E-state index is -4.34. The lowest BCUT2D eigenvalue weighted by Gasteiger charge is -2.27. The quantitative estimate of drug-likeness (QED) is 0.830. The van der Waals surface area contributed by atoms with E-state index in [1.54, 1.807) is 6.92 Å². The standard InChI is InChI=1S/C11H19F3N2O/c1-2-6-16(7-11(12,13)14)10(17)8-4-3-5-9(8)15/h8-9H,2-7,15H2,1H3. The van der Waals surface area contributed by atoms with Crippen LogP contribution in [0, 0.1) is 5.92 Å². The first-order valence-electron chi connectivity index (χ1n) is 5.96. The van der Waals surface area contributed by atoms with Crippen LogP contribution in [0.3, 0.4) is 0 Å². The second-order valence-electron chi connectivity index (χ2n) is 4.58. The van der Waals surface area contributed by atoms with Crippen molar-refractivity contribution in [3.05, 3.63) is 0 Å². The smallest absolute Gasteiger partial charge is 0.333 e. The molecule has 100 valence electrons. The van der Waals surface area contributed by atoms with Crippen molar-refractivity contribution in [2.45, 2.75) is 44.8 Å². The summed E-state index contributed by atoms with van der Waals surface area (Å²) in [5.74, 6) is -0.863. The van der Waals surface area contributed by atoms with Crippen LogP contribution in [0.25, 0.3) is 0 Å². The largest absolute Gasteiger partial charge is 0.406 e. The predicted octanol–water partition coefficient (Wildman–Crippen LogP) is 1.91. The van der Waals surface area contributed by atoms with E-state index in [1.165, 1.54) is 0 Å². The van der Waals surface area contributed by atoms with Gasteiger partial charge in [-0.25, -0.2) is 0 Å². The molecule has 2 atom stereocenters. The van der Waals surface area contributed by atoms with Crippen molar-refractivity contribution in [3.8, 4) is 0 Å². The Morgan fingerprint density at radius 2 is 2.06 bits per heavy atom. The summed E-state index contributed by atoms with van der Waals surface area (Å²) in [6, 6.07) is -0.282. The second-order valence-corrected chi connectivity index (χ2v) is 4.58. The highest BCUT2D eigenvalue weighted by Crippen LogP contribution is 2.27. The summed E-state index contributed by atoms with van der Waals surface area (Å²) in [5, 5.41) is 0. The molecule has 1 aliphatic rings. The van der Waals surface area contributed by atoms with Crippen LogP contribution in [0.4, 0.5) is 13.2 Å². The van der Waals surface area contributed by atoms with E-state index in [0.29, 0.717) is 12.8 Å². The van der Waals surface area contributed by atoms with Crippen molar-refractivity contribution in [2.75, 3.05) is 13.1 Å². The molecule has 2 unspecified atom stereocenters. The Hall–Kier alpha value is -0.780. The Balaban J connectivity index is 2.66. The van der Waals surface area contributed by atoms with Gasteiger partial charge in [-0.2, -0.15) is 13.2 Å². The molecule has 2 N–H and O–H groups in total. The van der Waals surface area contributed by atoms with Crippen LogP contribution in [0.1, 0.15) is 32.6 Å². The molecule has 0 bridgehead atoms. The van der Waals surface area contributed by atoms with Crippen LogP contribution in [0.5, 0.6) is 0 Å². The number of carbonyl (C=O) groups excluding carboxylic acids is 1. The molecule has 1 saturated carbocycles. The van der Waals surface area contributed by atoms with Crippen LogP contribution in [0.15, 0.2) is 0 Å². The van der Waals surface area contributed by atoms with Crippen LogP contribution < -0.4 is 5.73 Å².